The third-order valence-electron chi connectivity index (χ3n) is 3.29. The molecule has 1 aromatic heterocycles. The number of nitrogens with one attached hydrogen (secondary N) is 1. The van der Waals surface area contributed by atoms with Crippen LogP contribution in [0, 0.1) is 17.0 Å². The van der Waals surface area contributed by atoms with Gasteiger partial charge in [-0.2, -0.15) is 11.8 Å². The second-order valence-corrected chi connectivity index (χ2v) is 5.61. The molecular formula is C12H17N3O2S. The fourth-order valence-corrected chi connectivity index (χ4v) is 3.29. The number of nitro groups is 1. The van der Waals surface area contributed by atoms with Gasteiger partial charge >= 0.3 is 5.69 Å². The molecule has 0 saturated heterocycles. The van der Waals surface area contributed by atoms with Gasteiger partial charge in [0.05, 0.1) is 4.92 Å². The number of thioether (sulfide) groups is 1. The minimum Gasteiger partial charge on any atom is -0.360 e. The summed E-state index contributed by atoms with van der Waals surface area (Å²) < 4.78 is 0. The van der Waals surface area contributed by atoms with Crippen LogP contribution < -0.4 is 5.32 Å². The number of hydrogen-bond donors (Lipinski definition) is 1. The smallest absolute Gasteiger partial charge is 0.311 e. The maximum atomic E-state index is 11.0. The van der Waals surface area contributed by atoms with Crippen molar-refractivity contribution in [1.82, 2.24) is 4.98 Å². The zero-order valence-electron chi connectivity index (χ0n) is 10.5. The SMILES string of the molecule is CSC1CCCC1Nc1nc(C)ccc1[N+](=O)[O-]. The van der Waals surface area contributed by atoms with Crippen molar-refractivity contribution in [2.75, 3.05) is 11.6 Å². The number of pyridine rings is 1. The molecule has 18 heavy (non-hydrogen) atoms. The van der Waals surface area contributed by atoms with E-state index in [4.69, 9.17) is 0 Å². The minimum absolute atomic E-state index is 0.0624. The third kappa shape index (κ3) is 2.75. The molecule has 0 spiro atoms. The molecular weight excluding hydrogens is 250 g/mol. The molecule has 1 fully saturated rings. The van der Waals surface area contributed by atoms with Crippen molar-refractivity contribution in [3.8, 4) is 0 Å². The van der Waals surface area contributed by atoms with Crippen LogP contribution in [-0.4, -0.2) is 27.5 Å². The molecule has 1 aromatic rings. The molecule has 98 valence electrons. The second-order valence-electron chi connectivity index (χ2n) is 4.53. The monoisotopic (exact) mass is 267 g/mol. The van der Waals surface area contributed by atoms with Gasteiger partial charge < -0.3 is 5.32 Å². The first kappa shape index (κ1) is 13.1. The van der Waals surface area contributed by atoms with Crippen LogP contribution in [0.25, 0.3) is 0 Å². The number of hydrogen-bond acceptors (Lipinski definition) is 5. The topological polar surface area (TPSA) is 68.1 Å². The Morgan fingerprint density at radius 1 is 1.50 bits per heavy atom. The average Bonchev–Trinajstić information content (AvgIpc) is 2.76. The van der Waals surface area contributed by atoms with Crippen LogP contribution in [0.15, 0.2) is 12.1 Å². The largest absolute Gasteiger partial charge is 0.360 e. The number of anilines is 1. The van der Waals surface area contributed by atoms with Crippen LogP contribution in [0.4, 0.5) is 11.5 Å². The van der Waals surface area contributed by atoms with E-state index in [1.165, 1.54) is 18.9 Å². The van der Waals surface area contributed by atoms with Gasteiger partial charge in [0.15, 0.2) is 0 Å². The van der Waals surface area contributed by atoms with Crippen LogP contribution in [0.5, 0.6) is 0 Å². The summed E-state index contributed by atoms with van der Waals surface area (Å²) in [7, 11) is 0. The Hall–Kier alpha value is -1.30. The van der Waals surface area contributed by atoms with Crippen molar-refractivity contribution < 1.29 is 4.92 Å². The Bertz CT molecular complexity index is 453. The van der Waals surface area contributed by atoms with Gasteiger partial charge in [-0.3, -0.25) is 10.1 Å². The van der Waals surface area contributed by atoms with Crippen molar-refractivity contribution in [3.63, 3.8) is 0 Å². The van der Waals surface area contributed by atoms with Gasteiger partial charge in [-0.25, -0.2) is 4.98 Å². The molecule has 1 aliphatic rings. The summed E-state index contributed by atoms with van der Waals surface area (Å²) in [5.41, 5.74) is 0.856. The molecule has 6 heteroatoms. The Morgan fingerprint density at radius 3 is 2.94 bits per heavy atom. The van der Waals surface area contributed by atoms with Crippen molar-refractivity contribution in [2.45, 2.75) is 37.5 Å². The molecule has 0 aromatic carbocycles. The van der Waals surface area contributed by atoms with E-state index in [1.54, 1.807) is 6.07 Å². The number of aromatic nitrogens is 1. The van der Waals surface area contributed by atoms with Gasteiger partial charge in [0, 0.05) is 23.1 Å². The van der Waals surface area contributed by atoms with Crippen molar-refractivity contribution >= 4 is 23.3 Å². The molecule has 1 N–H and O–H groups in total. The third-order valence-corrected chi connectivity index (χ3v) is 4.46. The molecule has 2 unspecified atom stereocenters. The predicted octanol–water partition coefficient (Wildman–Crippen LogP) is 2.99. The lowest BCUT2D eigenvalue weighted by atomic mass is 10.2. The maximum absolute atomic E-state index is 11.0. The molecule has 1 heterocycles. The average molecular weight is 267 g/mol. The van der Waals surface area contributed by atoms with Gasteiger partial charge in [0.2, 0.25) is 5.82 Å². The molecule has 0 bridgehead atoms. The molecule has 1 aliphatic carbocycles. The fourth-order valence-electron chi connectivity index (χ4n) is 2.35. The summed E-state index contributed by atoms with van der Waals surface area (Å²) in [4.78, 5) is 14.9. The molecule has 0 radical (unpaired) electrons. The highest BCUT2D eigenvalue weighted by atomic mass is 32.2. The van der Waals surface area contributed by atoms with Gasteiger partial charge in [-0.15, -0.1) is 0 Å². The first-order valence-corrected chi connectivity index (χ1v) is 7.32. The van der Waals surface area contributed by atoms with E-state index in [0.717, 1.165) is 12.1 Å². The molecule has 5 nitrogen and oxygen atoms in total. The van der Waals surface area contributed by atoms with Gasteiger partial charge in [0.1, 0.15) is 0 Å². The quantitative estimate of drug-likeness (QED) is 0.671. The highest BCUT2D eigenvalue weighted by Gasteiger charge is 2.28. The van der Waals surface area contributed by atoms with E-state index in [1.807, 2.05) is 18.7 Å². The summed E-state index contributed by atoms with van der Waals surface area (Å²) in [5, 5.41) is 14.8. The Morgan fingerprint density at radius 2 is 2.28 bits per heavy atom. The summed E-state index contributed by atoms with van der Waals surface area (Å²) in [5.74, 6) is 0.408. The Kier molecular flexibility index (Phi) is 4.06. The molecule has 0 amide bonds. The van der Waals surface area contributed by atoms with Crippen LogP contribution >= 0.6 is 11.8 Å². The lowest BCUT2D eigenvalue weighted by molar-refractivity contribution is -0.384. The maximum Gasteiger partial charge on any atom is 0.311 e. The summed E-state index contributed by atoms with van der Waals surface area (Å²) in [6.07, 6.45) is 5.47. The molecule has 0 aliphatic heterocycles. The first-order chi connectivity index (χ1) is 8.61. The van der Waals surface area contributed by atoms with E-state index >= 15 is 0 Å². The zero-order chi connectivity index (χ0) is 13.1. The van der Waals surface area contributed by atoms with Crippen molar-refractivity contribution in [1.29, 1.82) is 0 Å². The van der Waals surface area contributed by atoms with E-state index < -0.39 is 0 Å². The van der Waals surface area contributed by atoms with E-state index in [9.17, 15) is 10.1 Å². The van der Waals surface area contributed by atoms with Crippen LogP contribution in [0.1, 0.15) is 25.0 Å². The second kappa shape index (κ2) is 5.56. The van der Waals surface area contributed by atoms with Crippen LogP contribution in [-0.2, 0) is 0 Å². The molecule has 2 rings (SSSR count). The minimum atomic E-state index is -0.377. The Labute approximate surface area is 111 Å². The summed E-state index contributed by atoms with van der Waals surface area (Å²) in [6, 6.07) is 3.48. The fraction of sp³-hybridized carbons (Fsp3) is 0.583. The van der Waals surface area contributed by atoms with Crippen molar-refractivity contribution in [2.24, 2.45) is 0 Å². The number of rotatable bonds is 4. The molecule has 1 saturated carbocycles. The zero-order valence-corrected chi connectivity index (χ0v) is 11.4. The summed E-state index contributed by atoms with van der Waals surface area (Å²) in [6.45, 7) is 1.84. The van der Waals surface area contributed by atoms with E-state index in [-0.39, 0.29) is 16.7 Å². The van der Waals surface area contributed by atoms with Crippen LogP contribution in [0.2, 0.25) is 0 Å². The number of aryl methyl sites for hydroxylation is 1. The summed E-state index contributed by atoms with van der Waals surface area (Å²) >= 11 is 1.82. The van der Waals surface area contributed by atoms with E-state index in [0.29, 0.717) is 11.1 Å². The van der Waals surface area contributed by atoms with E-state index in [2.05, 4.69) is 16.6 Å². The predicted molar refractivity (Wildman–Crippen MR) is 74.2 cm³/mol. The van der Waals surface area contributed by atoms with Crippen LogP contribution in [0.3, 0.4) is 0 Å². The van der Waals surface area contributed by atoms with Crippen molar-refractivity contribution in [3.05, 3.63) is 27.9 Å². The lowest BCUT2D eigenvalue weighted by Gasteiger charge is -2.19. The highest BCUT2D eigenvalue weighted by Crippen LogP contribution is 2.32. The standard InChI is InChI=1S/C12H17N3O2S/c1-8-6-7-10(15(16)17)12(13-8)14-9-4-3-5-11(9)18-2/h6-7,9,11H,3-5H2,1-2H3,(H,13,14). The van der Waals surface area contributed by atoms with Gasteiger partial charge in [-0.1, -0.05) is 6.42 Å². The van der Waals surface area contributed by atoms with Gasteiger partial charge in [-0.05, 0) is 32.1 Å². The highest BCUT2D eigenvalue weighted by molar-refractivity contribution is 7.99. The normalized spacial score (nSPS) is 23.0. The molecule has 2 atom stereocenters. The van der Waals surface area contributed by atoms with Gasteiger partial charge in [0.25, 0.3) is 0 Å². The number of nitrogens with zero attached hydrogens (tertiary/aromatic N) is 2. The first-order valence-electron chi connectivity index (χ1n) is 6.03. The Balaban J connectivity index is 2.22. The lowest BCUT2D eigenvalue weighted by Crippen LogP contribution is -2.26.